The van der Waals surface area contributed by atoms with Crippen LogP contribution in [0.5, 0.6) is 23.0 Å². The normalized spacial score (nSPS) is 15.1. The third kappa shape index (κ3) is 19.2. The number of nitrogens with two attached hydrogens (primary N) is 4. The van der Waals surface area contributed by atoms with Crippen molar-refractivity contribution in [3.8, 4) is 23.0 Å². The van der Waals surface area contributed by atoms with Gasteiger partial charge in [-0.25, -0.2) is 22.0 Å². The number of phenols is 4. The van der Waals surface area contributed by atoms with Crippen molar-refractivity contribution >= 4 is 11.6 Å². The molecule has 0 aliphatic rings. The molecule has 4 aromatic rings. The second-order valence-electron chi connectivity index (χ2n) is 15.9. The fourth-order valence-corrected chi connectivity index (χ4v) is 5.44. The number of hydrogen-bond acceptors (Lipinski definition) is 8. The molecule has 0 fully saturated rings. The van der Waals surface area contributed by atoms with Crippen LogP contribution >= 0.6 is 11.6 Å². The van der Waals surface area contributed by atoms with E-state index in [1.54, 1.807) is 64.1 Å². The lowest BCUT2D eigenvalue weighted by Crippen LogP contribution is -2.40. The summed E-state index contributed by atoms with van der Waals surface area (Å²) in [7, 11) is 0. The van der Waals surface area contributed by atoms with E-state index in [4.69, 9.17) is 44.7 Å². The Hall–Kier alpha value is -4.14. The summed E-state index contributed by atoms with van der Waals surface area (Å²) < 4.78 is 62.7. The number of halogens is 6. The predicted octanol–water partition coefficient (Wildman–Crippen LogP) is 8.15. The summed E-state index contributed by atoms with van der Waals surface area (Å²) >= 11 is 5.70. The first kappa shape index (κ1) is 50.9. The number of rotatable bonds is 13. The van der Waals surface area contributed by atoms with E-state index in [0.29, 0.717) is 30.6 Å². The van der Waals surface area contributed by atoms with Crippen LogP contribution in [0.1, 0.15) is 68.0 Å². The first-order valence-electron chi connectivity index (χ1n) is 18.3. The number of hydrogen-bond donors (Lipinski definition) is 8. The van der Waals surface area contributed by atoms with Crippen molar-refractivity contribution in [3.63, 3.8) is 0 Å². The lowest BCUT2D eigenvalue weighted by molar-refractivity contribution is 0.326. The monoisotopic (exact) mass is 826 g/mol. The maximum absolute atomic E-state index is 12.9. The van der Waals surface area contributed by atoms with Gasteiger partial charge in [0.25, 0.3) is 0 Å². The third-order valence-electron chi connectivity index (χ3n) is 8.46. The topological polar surface area (TPSA) is 185 Å². The maximum atomic E-state index is 12.9. The molecule has 0 aliphatic heterocycles. The molecule has 14 heteroatoms. The number of aromatic hydroxyl groups is 4. The SMILES string of the molecule is CC(N)(CF)Cc1ccc(O)c(Cl)c1.CC(N)(CF)Cc1ccc(O)c(F)c1.CCc1cc(CC(C)(N)CF)ccc1O.Cc1cc(CC(C)(N)CF)ccc1O. The standard InChI is InChI=1S/C12H18FNO.C11H16FNO.C10H13ClFNO.C10H13F2NO/c1-3-10-6-9(4-5-11(10)15)7-12(2,14)8-13;1-8-5-9(3-4-10(8)14)6-11(2,13)7-12;1-10(13,6-12)5-7-2-3-9(14)8(11)4-7;1-10(13,6-11)5-7-2-3-9(14)8(12)4-7/h4-6,15H,3,7-8,14H2,1-2H3;3-5,14H,6-7,13H2,1-2H3;2*2-4,14H,5-6,13H2,1H3. The zero-order valence-corrected chi connectivity index (χ0v) is 34.4. The molecular formula is C43H60ClF5N4O4. The Bertz CT molecular complexity index is 1690. The molecule has 0 saturated carbocycles. The second kappa shape index (κ2) is 22.7. The average Bonchev–Trinajstić information content (AvgIpc) is 3.14. The van der Waals surface area contributed by atoms with Crippen molar-refractivity contribution in [3.05, 3.63) is 117 Å². The third-order valence-corrected chi connectivity index (χ3v) is 8.77. The van der Waals surface area contributed by atoms with Gasteiger partial charge in [0, 0.05) is 22.2 Å². The van der Waals surface area contributed by atoms with E-state index < -0.39 is 60.4 Å². The van der Waals surface area contributed by atoms with Crippen LogP contribution in [0.15, 0.2) is 72.8 Å². The smallest absolute Gasteiger partial charge is 0.165 e. The Morgan fingerprint density at radius 2 is 0.842 bits per heavy atom. The van der Waals surface area contributed by atoms with Gasteiger partial charge in [-0.3, -0.25) is 0 Å². The lowest BCUT2D eigenvalue weighted by Gasteiger charge is -2.20. The highest BCUT2D eigenvalue weighted by Crippen LogP contribution is 2.26. The zero-order chi connectivity index (χ0) is 43.8. The first-order chi connectivity index (χ1) is 26.3. The summed E-state index contributed by atoms with van der Waals surface area (Å²) in [6.45, 7) is 7.97. The van der Waals surface area contributed by atoms with Crippen molar-refractivity contribution in [1.82, 2.24) is 0 Å². The Labute approximate surface area is 338 Å². The van der Waals surface area contributed by atoms with Crippen LogP contribution in [0.4, 0.5) is 22.0 Å². The van der Waals surface area contributed by atoms with E-state index in [9.17, 15) is 32.2 Å². The Kier molecular flexibility index (Phi) is 20.3. The highest BCUT2D eigenvalue weighted by atomic mass is 35.5. The van der Waals surface area contributed by atoms with E-state index in [2.05, 4.69) is 0 Å². The molecule has 0 aliphatic carbocycles. The summed E-state index contributed by atoms with van der Waals surface area (Å²) in [6, 6.07) is 19.2. The Morgan fingerprint density at radius 1 is 0.509 bits per heavy atom. The number of phenolic OH excluding ortho intramolecular Hbond substituents is 4. The highest BCUT2D eigenvalue weighted by molar-refractivity contribution is 6.32. The van der Waals surface area contributed by atoms with Crippen LogP contribution < -0.4 is 22.9 Å². The molecule has 0 heterocycles. The minimum atomic E-state index is -0.983. The Balaban J connectivity index is 0.000000380. The van der Waals surface area contributed by atoms with Gasteiger partial charge < -0.3 is 43.4 Å². The van der Waals surface area contributed by atoms with Gasteiger partial charge in [-0.15, -0.1) is 0 Å². The van der Waals surface area contributed by atoms with E-state index in [0.717, 1.165) is 40.3 Å². The molecular weight excluding hydrogens is 767 g/mol. The molecule has 0 spiro atoms. The molecule has 0 saturated heterocycles. The largest absolute Gasteiger partial charge is 0.508 e. The van der Waals surface area contributed by atoms with Crippen LogP contribution in [-0.4, -0.2) is 69.3 Å². The summed E-state index contributed by atoms with van der Waals surface area (Å²) in [5.74, 6) is -0.549. The summed E-state index contributed by atoms with van der Waals surface area (Å²) in [4.78, 5) is 0. The summed E-state index contributed by atoms with van der Waals surface area (Å²) in [5.41, 5.74) is 24.1. The molecule has 8 nitrogen and oxygen atoms in total. The fourth-order valence-electron chi connectivity index (χ4n) is 5.23. The van der Waals surface area contributed by atoms with Crippen LogP contribution in [0.3, 0.4) is 0 Å². The van der Waals surface area contributed by atoms with Crippen molar-refractivity contribution in [1.29, 1.82) is 0 Å². The molecule has 4 rings (SSSR count). The minimum Gasteiger partial charge on any atom is -0.508 e. The van der Waals surface area contributed by atoms with E-state index in [-0.39, 0.29) is 22.9 Å². The minimum absolute atomic E-state index is 0.0226. The molecule has 318 valence electrons. The molecule has 4 unspecified atom stereocenters. The molecule has 4 aromatic carbocycles. The molecule has 0 amide bonds. The molecule has 0 aromatic heterocycles. The van der Waals surface area contributed by atoms with Gasteiger partial charge >= 0.3 is 0 Å². The van der Waals surface area contributed by atoms with Gasteiger partial charge in [0.05, 0.1) is 5.02 Å². The highest BCUT2D eigenvalue weighted by Gasteiger charge is 2.22. The molecule has 0 radical (unpaired) electrons. The number of benzene rings is 4. The van der Waals surface area contributed by atoms with E-state index in [1.807, 2.05) is 26.0 Å². The van der Waals surface area contributed by atoms with Gasteiger partial charge in [-0.2, -0.15) is 0 Å². The van der Waals surface area contributed by atoms with Crippen LogP contribution in [0.2, 0.25) is 5.02 Å². The van der Waals surface area contributed by atoms with Crippen LogP contribution in [0, 0.1) is 12.7 Å². The molecule has 0 bridgehead atoms. The van der Waals surface area contributed by atoms with E-state index in [1.165, 1.54) is 18.2 Å². The van der Waals surface area contributed by atoms with Gasteiger partial charge in [-0.1, -0.05) is 54.9 Å². The molecule has 57 heavy (non-hydrogen) atoms. The van der Waals surface area contributed by atoms with E-state index >= 15 is 0 Å². The second-order valence-corrected chi connectivity index (χ2v) is 16.3. The molecule has 12 N–H and O–H groups in total. The Morgan fingerprint density at radius 3 is 1.19 bits per heavy atom. The van der Waals surface area contributed by atoms with Gasteiger partial charge in [-0.05, 0) is 137 Å². The first-order valence-corrected chi connectivity index (χ1v) is 18.6. The van der Waals surface area contributed by atoms with Crippen molar-refractivity contribution in [2.75, 3.05) is 26.7 Å². The molecule has 4 atom stereocenters. The number of alkyl halides is 4. The fraction of sp³-hybridized carbons (Fsp3) is 0.442. The van der Waals surface area contributed by atoms with Crippen molar-refractivity contribution < 1.29 is 42.4 Å². The summed E-state index contributed by atoms with van der Waals surface area (Å²) in [6.07, 6.45) is 2.35. The predicted molar refractivity (Wildman–Crippen MR) is 221 cm³/mol. The quantitative estimate of drug-likeness (QED) is 0.0621. The maximum Gasteiger partial charge on any atom is 0.165 e. The van der Waals surface area contributed by atoms with Crippen molar-refractivity contribution in [2.24, 2.45) is 22.9 Å². The van der Waals surface area contributed by atoms with Crippen molar-refractivity contribution in [2.45, 2.75) is 95.8 Å². The van der Waals surface area contributed by atoms with Gasteiger partial charge in [0.2, 0.25) is 0 Å². The lowest BCUT2D eigenvalue weighted by atomic mass is 9.94. The van der Waals surface area contributed by atoms with Gasteiger partial charge in [0.15, 0.2) is 11.6 Å². The summed E-state index contributed by atoms with van der Waals surface area (Å²) in [5, 5.41) is 37.1. The average molecular weight is 827 g/mol. The zero-order valence-electron chi connectivity index (χ0n) is 33.7. The van der Waals surface area contributed by atoms with Gasteiger partial charge in [0.1, 0.15) is 43.9 Å². The van der Waals surface area contributed by atoms with Crippen LogP contribution in [-0.2, 0) is 32.1 Å². The van der Waals surface area contributed by atoms with Crippen LogP contribution in [0.25, 0.3) is 0 Å². The number of aryl methyl sites for hydroxylation is 2.